The zero-order chi connectivity index (χ0) is 20.8. The number of benzene rings is 2. The molecule has 2 aromatic carbocycles. The average molecular weight is 448 g/mol. The fourth-order valence-electron chi connectivity index (χ4n) is 2.94. The van der Waals surface area contributed by atoms with Gasteiger partial charge in [0.1, 0.15) is 0 Å². The Balaban J connectivity index is 1.73. The van der Waals surface area contributed by atoms with E-state index in [1.54, 1.807) is 23.1 Å². The maximum atomic E-state index is 13.1. The van der Waals surface area contributed by atoms with Gasteiger partial charge in [-0.1, -0.05) is 42.0 Å². The zero-order valence-electron chi connectivity index (χ0n) is 17.0. The molecule has 0 aliphatic carbocycles. The lowest BCUT2D eigenvalue weighted by Crippen LogP contribution is -2.36. The Morgan fingerprint density at radius 1 is 1.14 bits per heavy atom. The highest BCUT2D eigenvalue weighted by molar-refractivity contribution is 7.99. The van der Waals surface area contributed by atoms with Crippen molar-refractivity contribution in [2.45, 2.75) is 24.7 Å². The van der Waals surface area contributed by atoms with Crippen LogP contribution in [0.1, 0.15) is 18.9 Å². The first-order valence-corrected chi connectivity index (χ1v) is 11.9. The monoisotopic (exact) mass is 447 g/mol. The molecule has 1 heterocycles. The summed E-state index contributed by atoms with van der Waals surface area (Å²) in [6.07, 6.45) is 1.40. The number of hydrogen-bond donors (Lipinski definition) is 0. The minimum Gasteiger partial charge on any atom is -0.308 e. The van der Waals surface area contributed by atoms with Gasteiger partial charge in [-0.25, -0.2) is 4.98 Å². The molecule has 0 atom stereocenters. The van der Waals surface area contributed by atoms with E-state index in [9.17, 15) is 4.79 Å². The number of fused-ring (bicyclic) bond motifs is 1. The number of thioether (sulfide) groups is 1. The van der Waals surface area contributed by atoms with Crippen molar-refractivity contribution in [1.29, 1.82) is 0 Å². The van der Waals surface area contributed by atoms with Crippen molar-refractivity contribution in [3.05, 3.63) is 53.1 Å². The third kappa shape index (κ3) is 5.95. The predicted molar refractivity (Wildman–Crippen MR) is 127 cm³/mol. The van der Waals surface area contributed by atoms with Crippen molar-refractivity contribution in [2.75, 3.05) is 37.8 Å². The fourth-order valence-corrected chi connectivity index (χ4v) is 4.97. The van der Waals surface area contributed by atoms with Gasteiger partial charge >= 0.3 is 0 Å². The maximum Gasteiger partial charge on any atom is 0.229 e. The number of amides is 1. The van der Waals surface area contributed by atoms with E-state index in [0.717, 1.165) is 44.0 Å². The van der Waals surface area contributed by atoms with Crippen molar-refractivity contribution < 1.29 is 4.79 Å². The van der Waals surface area contributed by atoms with Crippen LogP contribution < -0.4 is 4.90 Å². The highest BCUT2D eigenvalue weighted by atomic mass is 35.5. The van der Waals surface area contributed by atoms with Crippen LogP contribution in [-0.4, -0.2) is 48.7 Å². The third-order valence-electron chi connectivity index (χ3n) is 4.57. The Labute approximate surface area is 185 Å². The van der Waals surface area contributed by atoms with Gasteiger partial charge in [-0.15, -0.1) is 11.8 Å². The van der Waals surface area contributed by atoms with Crippen molar-refractivity contribution in [3.63, 3.8) is 0 Å². The van der Waals surface area contributed by atoms with Gasteiger partial charge in [-0.2, -0.15) is 0 Å². The summed E-state index contributed by atoms with van der Waals surface area (Å²) in [5, 5.41) is 1.52. The molecule has 0 N–H and O–H groups in total. The van der Waals surface area contributed by atoms with Crippen LogP contribution in [0.4, 0.5) is 5.13 Å². The molecular weight excluding hydrogens is 422 g/mol. The molecule has 29 heavy (non-hydrogen) atoms. The van der Waals surface area contributed by atoms with Gasteiger partial charge in [0.2, 0.25) is 5.91 Å². The SMILES string of the molecule is CCc1cccc2sc(N(CCN(C)C)C(=O)CCSc3ccc(Cl)cc3)nc12. The number of carbonyl (C=O) groups is 1. The van der Waals surface area contributed by atoms with Crippen LogP contribution in [0.3, 0.4) is 0 Å². The summed E-state index contributed by atoms with van der Waals surface area (Å²) in [5.41, 5.74) is 2.25. The van der Waals surface area contributed by atoms with Gasteiger partial charge in [0.25, 0.3) is 0 Å². The second-order valence-electron chi connectivity index (χ2n) is 7.01. The Hall–Kier alpha value is -1.60. The van der Waals surface area contributed by atoms with E-state index in [0.29, 0.717) is 13.0 Å². The molecule has 0 spiro atoms. The molecule has 1 amide bonds. The fraction of sp³-hybridized carbons (Fsp3) is 0.364. The first kappa shape index (κ1) is 22.1. The first-order chi connectivity index (χ1) is 14.0. The average Bonchev–Trinajstić information content (AvgIpc) is 3.13. The number of nitrogens with zero attached hydrogens (tertiary/aromatic N) is 3. The summed E-state index contributed by atoms with van der Waals surface area (Å²) in [6, 6.07) is 14.0. The largest absolute Gasteiger partial charge is 0.308 e. The second-order valence-corrected chi connectivity index (χ2v) is 9.63. The molecule has 0 aliphatic rings. The molecule has 0 radical (unpaired) electrons. The van der Waals surface area contributed by atoms with Crippen LogP contribution in [0.15, 0.2) is 47.4 Å². The number of hydrogen-bond acceptors (Lipinski definition) is 5. The highest BCUT2D eigenvalue weighted by Crippen LogP contribution is 2.31. The molecular formula is C22H26ClN3OS2. The molecule has 0 aliphatic heterocycles. The molecule has 4 nitrogen and oxygen atoms in total. The van der Waals surface area contributed by atoms with Crippen molar-refractivity contribution in [2.24, 2.45) is 0 Å². The number of para-hydroxylation sites is 1. The van der Waals surface area contributed by atoms with E-state index in [1.165, 1.54) is 5.56 Å². The van der Waals surface area contributed by atoms with Gasteiger partial charge < -0.3 is 4.90 Å². The number of likely N-dealkylation sites (N-methyl/N-ethyl adjacent to an activating group) is 1. The second kappa shape index (κ2) is 10.4. The molecule has 7 heteroatoms. The predicted octanol–water partition coefficient (Wildman–Crippen LogP) is 5.59. The first-order valence-electron chi connectivity index (χ1n) is 9.70. The standard InChI is InChI=1S/C22H26ClN3OS2/c1-4-16-6-5-7-19-21(16)24-22(29-19)26(14-13-25(2)3)20(27)12-15-28-18-10-8-17(23)9-11-18/h5-11H,4,12-15H2,1-3H3. The van der Waals surface area contributed by atoms with E-state index < -0.39 is 0 Å². The smallest absolute Gasteiger partial charge is 0.229 e. The van der Waals surface area contributed by atoms with Gasteiger partial charge in [0, 0.05) is 35.2 Å². The number of aromatic nitrogens is 1. The Morgan fingerprint density at radius 3 is 2.59 bits per heavy atom. The quantitative estimate of drug-likeness (QED) is 0.400. The van der Waals surface area contributed by atoms with Crippen LogP contribution in [0.25, 0.3) is 10.2 Å². The van der Waals surface area contributed by atoms with Crippen LogP contribution in [0.5, 0.6) is 0 Å². The van der Waals surface area contributed by atoms with Gasteiger partial charge in [-0.3, -0.25) is 9.69 Å². The van der Waals surface area contributed by atoms with E-state index in [4.69, 9.17) is 16.6 Å². The number of halogens is 1. The van der Waals surface area contributed by atoms with E-state index >= 15 is 0 Å². The van der Waals surface area contributed by atoms with Crippen molar-refractivity contribution >= 4 is 56.0 Å². The van der Waals surface area contributed by atoms with Gasteiger partial charge in [-0.05, 0) is 56.4 Å². The topological polar surface area (TPSA) is 36.4 Å². The van der Waals surface area contributed by atoms with Crippen LogP contribution >= 0.6 is 34.7 Å². The van der Waals surface area contributed by atoms with Crippen molar-refractivity contribution in [1.82, 2.24) is 9.88 Å². The maximum absolute atomic E-state index is 13.1. The number of aryl methyl sites for hydroxylation is 1. The number of rotatable bonds is 9. The lowest BCUT2D eigenvalue weighted by molar-refractivity contribution is -0.118. The molecule has 0 saturated heterocycles. The van der Waals surface area contributed by atoms with E-state index in [2.05, 4.69) is 30.0 Å². The Morgan fingerprint density at radius 2 is 1.90 bits per heavy atom. The molecule has 0 unspecified atom stereocenters. The Bertz CT molecular complexity index is 956. The van der Waals surface area contributed by atoms with Crippen LogP contribution in [0.2, 0.25) is 5.02 Å². The van der Waals surface area contributed by atoms with Crippen LogP contribution in [-0.2, 0) is 11.2 Å². The van der Waals surface area contributed by atoms with E-state index in [1.807, 2.05) is 43.3 Å². The third-order valence-corrected chi connectivity index (χ3v) is 6.88. The van der Waals surface area contributed by atoms with Gasteiger partial charge in [0.05, 0.1) is 10.2 Å². The molecule has 3 aromatic rings. The van der Waals surface area contributed by atoms with Gasteiger partial charge in [0.15, 0.2) is 5.13 Å². The summed E-state index contributed by atoms with van der Waals surface area (Å²) < 4.78 is 1.14. The summed E-state index contributed by atoms with van der Waals surface area (Å²) in [6.45, 7) is 3.57. The van der Waals surface area contributed by atoms with Crippen LogP contribution in [0, 0.1) is 0 Å². The molecule has 154 valence electrons. The summed E-state index contributed by atoms with van der Waals surface area (Å²) in [4.78, 5) is 23.0. The summed E-state index contributed by atoms with van der Waals surface area (Å²) >= 11 is 9.21. The van der Waals surface area contributed by atoms with E-state index in [-0.39, 0.29) is 5.91 Å². The summed E-state index contributed by atoms with van der Waals surface area (Å²) in [5.74, 6) is 0.842. The number of thiazole rings is 1. The summed E-state index contributed by atoms with van der Waals surface area (Å²) in [7, 11) is 4.04. The lowest BCUT2D eigenvalue weighted by Gasteiger charge is -2.22. The molecule has 0 saturated carbocycles. The lowest BCUT2D eigenvalue weighted by atomic mass is 10.1. The molecule has 1 aromatic heterocycles. The highest BCUT2D eigenvalue weighted by Gasteiger charge is 2.20. The number of carbonyl (C=O) groups excluding carboxylic acids is 1. The molecule has 3 rings (SSSR count). The molecule has 0 fully saturated rings. The Kier molecular flexibility index (Phi) is 7.95. The minimum absolute atomic E-state index is 0.116. The zero-order valence-corrected chi connectivity index (χ0v) is 19.4. The van der Waals surface area contributed by atoms with Crippen molar-refractivity contribution in [3.8, 4) is 0 Å². The minimum atomic E-state index is 0.116. The normalized spacial score (nSPS) is 11.3. The molecule has 0 bridgehead atoms. The number of anilines is 1.